The molecular weight excluding hydrogens is 322 g/mol. The van der Waals surface area contributed by atoms with Crippen molar-refractivity contribution in [1.82, 2.24) is 4.31 Å². The van der Waals surface area contributed by atoms with Gasteiger partial charge in [-0.3, -0.25) is 0 Å². The van der Waals surface area contributed by atoms with Crippen LogP contribution in [-0.2, 0) is 22.2 Å². The summed E-state index contributed by atoms with van der Waals surface area (Å²) in [5.74, 6) is -0.128. The molecule has 0 aromatic heterocycles. The second-order valence-electron chi connectivity index (χ2n) is 5.49. The fraction of sp³-hybridized carbons (Fsp3) is 0.278. The Balaban J connectivity index is 2.11. The van der Waals surface area contributed by atoms with E-state index in [0.29, 0.717) is 24.1 Å². The monoisotopic (exact) mass is 343 g/mol. The lowest BCUT2D eigenvalue weighted by Crippen LogP contribution is -2.37. The van der Waals surface area contributed by atoms with Crippen LogP contribution < -0.4 is 5.73 Å². The Morgan fingerprint density at radius 1 is 1.00 bits per heavy atom. The number of hydrogen-bond acceptors (Lipinski definition) is 4. The van der Waals surface area contributed by atoms with Crippen molar-refractivity contribution >= 4 is 10.0 Å². The minimum Gasteiger partial charge on any atom is -0.329 e. The van der Waals surface area contributed by atoms with Crippen LogP contribution in [0.5, 0.6) is 0 Å². The van der Waals surface area contributed by atoms with Crippen LogP contribution in [0.25, 0.3) is 0 Å². The number of sulfonamides is 1. The summed E-state index contributed by atoms with van der Waals surface area (Å²) in [5.41, 5.74) is 7.73. The zero-order valence-corrected chi connectivity index (χ0v) is 14.2. The number of nitrogens with two attached hydrogens (primary N) is 1. The molecular formula is C18H21N3O2S. The zero-order valence-electron chi connectivity index (χ0n) is 13.4. The third kappa shape index (κ3) is 5.17. The topological polar surface area (TPSA) is 87.2 Å². The highest BCUT2D eigenvalue weighted by Crippen LogP contribution is 2.13. The molecule has 0 atom stereocenters. The molecule has 24 heavy (non-hydrogen) atoms. The van der Waals surface area contributed by atoms with Gasteiger partial charge in [-0.1, -0.05) is 42.5 Å². The van der Waals surface area contributed by atoms with Crippen molar-refractivity contribution in [2.24, 2.45) is 5.73 Å². The summed E-state index contributed by atoms with van der Waals surface area (Å²) in [6, 6.07) is 18.5. The van der Waals surface area contributed by atoms with Crippen molar-refractivity contribution < 1.29 is 8.42 Å². The van der Waals surface area contributed by atoms with Gasteiger partial charge in [-0.2, -0.15) is 5.26 Å². The van der Waals surface area contributed by atoms with Gasteiger partial charge in [-0.05, 0) is 29.7 Å². The summed E-state index contributed by atoms with van der Waals surface area (Å²) in [5, 5.41) is 8.94. The molecule has 0 aliphatic rings. The molecule has 6 heteroatoms. The van der Waals surface area contributed by atoms with Crippen molar-refractivity contribution in [3.63, 3.8) is 0 Å². The zero-order chi connectivity index (χ0) is 17.4. The average Bonchev–Trinajstić information content (AvgIpc) is 2.59. The van der Waals surface area contributed by atoms with E-state index < -0.39 is 10.0 Å². The third-order valence-corrected chi connectivity index (χ3v) is 5.52. The maximum atomic E-state index is 12.7. The van der Waals surface area contributed by atoms with Gasteiger partial charge in [0.05, 0.1) is 17.4 Å². The number of nitrogens with zero attached hydrogens (tertiary/aromatic N) is 2. The normalized spacial score (nSPS) is 11.4. The molecule has 0 bridgehead atoms. The van der Waals surface area contributed by atoms with Crippen LogP contribution in [0, 0.1) is 11.3 Å². The summed E-state index contributed by atoms with van der Waals surface area (Å²) in [6.07, 6.45) is 0.637. The van der Waals surface area contributed by atoms with E-state index in [9.17, 15) is 8.42 Å². The Bertz CT molecular complexity index is 799. The second-order valence-corrected chi connectivity index (χ2v) is 7.46. The van der Waals surface area contributed by atoms with Gasteiger partial charge in [0, 0.05) is 19.6 Å². The van der Waals surface area contributed by atoms with Crippen LogP contribution in [0.1, 0.15) is 16.7 Å². The predicted molar refractivity (Wildman–Crippen MR) is 94.6 cm³/mol. The van der Waals surface area contributed by atoms with Gasteiger partial charge in [0.1, 0.15) is 0 Å². The lowest BCUT2D eigenvalue weighted by atomic mass is 10.1. The molecule has 0 unspecified atom stereocenters. The smallest absolute Gasteiger partial charge is 0.218 e. The SMILES string of the molecule is N#Cc1cccc(CS(=O)(=O)N(CCN)CCc2ccccc2)c1. The van der Waals surface area contributed by atoms with Gasteiger partial charge in [0.2, 0.25) is 10.0 Å². The second kappa shape index (κ2) is 8.60. The first-order valence-electron chi connectivity index (χ1n) is 7.76. The minimum absolute atomic E-state index is 0.128. The Morgan fingerprint density at radius 3 is 2.38 bits per heavy atom. The van der Waals surface area contributed by atoms with Gasteiger partial charge in [-0.25, -0.2) is 12.7 Å². The van der Waals surface area contributed by atoms with Crippen LogP contribution in [0.3, 0.4) is 0 Å². The third-order valence-electron chi connectivity index (χ3n) is 3.67. The van der Waals surface area contributed by atoms with Crippen LogP contribution in [-0.4, -0.2) is 32.4 Å². The first-order valence-corrected chi connectivity index (χ1v) is 9.37. The molecule has 0 heterocycles. The van der Waals surface area contributed by atoms with E-state index in [1.165, 1.54) is 4.31 Å². The molecule has 2 rings (SSSR count). The molecule has 2 aromatic rings. The van der Waals surface area contributed by atoms with E-state index in [1.54, 1.807) is 24.3 Å². The summed E-state index contributed by atoms with van der Waals surface area (Å²) in [4.78, 5) is 0. The van der Waals surface area contributed by atoms with Crippen molar-refractivity contribution in [2.75, 3.05) is 19.6 Å². The molecule has 0 radical (unpaired) electrons. The predicted octanol–water partition coefficient (Wildman–Crippen LogP) is 1.89. The molecule has 0 saturated heterocycles. The largest absolute Gasteiger partial charge is 0.329 e. The summed E-state index contributed by atoms with van der Waals surface area (Å²) in [6.45, 7) is 0.945. The first-order chi connectivity index (χ1) is 11.5. The highest BCUT2D eigenvalue weighted by molar-refractivity contribution is 7.88. The fourth-order valence-electron chi connectivity index (χ4n) is 2.47. The molecule has 2 N–H and O–H groups in total. The Morgan fingerprint density at radius 2 is 1.71 bits per heavy atom. The standard InChI is InChI=1S/C18H21N3O2S/c19-10-12-21(11-9-16-5-2-1-3-6-16)24(22,23)15-18-8-4-7-17(13-18)14-20/h1-8,13H,9-12,15,19H2. The number of nitriles is 1. The van der Waals surface area contributed by atoms with E-state index in [-0.39, 0.29) is 18.8 Å². The Kier molecular flexibility index (Phi) is 6.50. The highest BCUT2D eigenvalue weighted by Gasteiger charge is 2.21. The van der Waals surface area contributed by atoms with Crippen LogP contribution in [0.15, 0.2) is 54.6 Å². The maximum Gasteiger partial charge on any atom is 0.218 e. The molecule has 0 spiro atoms. The van der Waals surface area contributed by atoms with Crippen molar-refractivity contribution in [2.45, 2.75) is 12.2 Å². The van der Waals surface area contributed by atoms with Crippen molar-refractivity contribution in [3.8, 4) is 6.07 Å². The van der Waals surface area contributed by atoms with Gasteiger partial charge in [-0.15, -0.1) is 0 Å². The van der Waals surface area contributed by atoms with Gasteiger partial charge < -0.3 is 5.73 Å². The lowest BCUT2D eigenvalue weighted by molar-refractivity contribution is 0.421. The summed E-state index contributed by atoms with van der Waals surface area (Å²) < 4.78 is 26.8. The molecule has 5 nitrogen and oxygen atoms in total. The van der Waals surface area contributed by atoms with Crippen LogP contribution >= 0.6 is 0 Å². The first kappa shape index (κ1) is 18.1. The Labute approximate surface area is 143 Å². The number of rotatable bonds is 8. The number of hydrogen-bond donors (Lipinski definition) is 1. The van der Waals surface area contributed by atoms with Crippen molar-refractivity contribution in [3.05, 3.63) is 71.3 Å². The van der Waals surface area contributed by atoms with Crippen molar-refractivity contribution in [1.29, 1.82) is 5.26 Å². The lowest BCUT2D eigenvalue weighted by Gasteiger charge is -2.21. The quantitative estimate of drug-likeness (QED) is 0.793. The van der Waals surface area contributed by atoms with E-state index in [0.717, 1.165) is 5.56 Å². The van der Waals surface area contributed by atoms with Crippen LogP contribution in [0.4, 0.5) is 0 Å². The van der Waals surface area contributed by atoms with Crippen LogP contribution in [0.2, 0.25) is 0 Å². The van der Waals surface area contributed by atoms with E-state index in [1.807, 2.05) is 36.4 Å². The minimum atomic E-state index is -3.49. The molecule has 0 saturated carbocycles. The molecule has 0 aliphatic heterocycles. The fourth-order valence-corrected chi connectivity index (χ4v) is 4.00. The molecule has 126 valence electrons. The average molecular weight is 343 g/mol. The summed E-state index contributed by atoms with van der Waals surface area (Å²) >= 11 is 0. The molecule has 0 fully saturated rings. The molecule has 0 aliphatic carbocycles. The highest BCUT2D eigenvalue weighted by atomic mass is 32.2. The molecule has 2 aromatic carbocycles. The van der Waals surface area contributed by atoms with E-state index in [4.69, 9.17) is 11.0 Å². The Hall–Kier alpha value is -2.20. The van der Waals surface area contributed by atoms with E-state index in [2.05, 4.69) is 0 Å². The van der Waals surface area contributed by atoms with Gasteiger partial charge >= 0.3 is 0 Å². The molecule has 0 amide bonds. The van der Waals surface area contributed by atoms with Gasteiger partial charge in [0.25, 0.3) is 0 Å². The van der Waals surface area contributed by atoms with E-state index >= 15 is 0 Å². The van der Waals surface area contributed by atoms with Gasteiger partial charge in [0.15, 0.2) is 0 Å². The maximum absolute atomic E-state index is 12.7. The number of benzene rings is 2. The summed E-state index contributed by atoms with van der Waals surface area (Å²) in [7, 11) is -3.49.